The Bertz CT molecular complexity index is 386. The molecule has 1 aromatic rings. The first-order valence-electron chi connectivity index (χ1n) is 5.87. The molecule has 0 saturated heterocycles. The summed E-state index contributed by atoms with van der Waals surface area (Å²) in [6.45, 7) is 2.07. The smallest absolute Gasteiger partial charge is 0.358 e. The predicted molar refractivity (Wildman–Crippen MR) is 66.2 cm³/mol. The van der Waals surface area contributed by atoms with E-state index in [2.05, 4.69) is 14.7 Å². The Kier molecular flexibility index (Phi) is 7.45. The van der Waals surface area contributed by atoms with Crippen LogP contribution in [0.2, 0.25) is 0 Å². The normalized spacial score (nSPS) is 10.2. The molecular weight excluding hydrogens is 252 g/mol. The van der Waals surface area contributed by atoms with Gasteiger partial charge in [-0.15, -0.1) is 0 Å². The van der Waals surface area contributed by atoms with Crippen molar-refractivity contribution in [1.29, 1.82) is 0 Å². The van der Waals surface area contributed by atoms with E-state index in [1.165, 1.54) is 19.5 Å². The Labute approximate surface area is 111 Å². The number of esters is 1. The zero-order valence-electron chi connectivity index (χ0n) is 11.1. The lowest BCUT2D eigenvalue weighted by atomic mass is 10.4. The van der Waals surface area contributed by atoms with E-state index in [0.29, 0.717) is 26.4 Å². The van der Waals surface area contributed by atoms with Crippen molar-refractivity contribution >= 4 is 5.97 Å². The fourth-order valence-corrected chi connectivity index (χ4v) is 1.23. The number of hydrogen-bond donors (Lipinski definition) is 0. The number of carbonyl (C=O) groups is 1. The molecule has 1 rings (SSSR count). The molecule has 0 bridgehead atoms. The lowest BCUT2D eigenvalue weighted by molar-refractivity contribution is 0.0590. The summed E-state index contributed by atoms with van der Waals surface area (Å²) in [6, 6.07) is 0. The first kappa shape index (κ1) is 15.3. The number of methoxy groups -OCH3 is 2. The highest BCUT2D eigenvalue weighted by atomic mass is 16.5. The van der Waals surface area contributed by atoms with E-state index in [4.69, 9.17) is 14.2 Å². The molecule has 0 saturated carbocycles. The summed E-state index contributed by atoms with van der Waals surface area (Å²) in [7, 11) is 2.93. The molecule has 1 aromatic heterocycles. The summed E-state index contributed by atoms with van der Waals surface area (Å²) < 4.78 is 20.1. The van der Waals surface area contributed by atoms with Crippen LogP contribution in [-0.2, 0) is 14.2 Å². The minimum Gasteiger partial charge on any atom is -0.474 e. The van der Waals surface area contributed by atoms with Gasteiger partial charge in [0.05, 0.1) is 26.1 Å². The summed E-state index contributed by atoms with van der Waals surface area (Å²) in [4.78, 5) is 19.0. The van der Waals surface area contributed by atoms with Crippen molar-refractivity contribution in [2.24, 2.45) is 0 Å². The van der Waals surface area contributed by atoms with Gasteiger partial charge < -0.3 is 18.9 Å². The van der Waals surface area contributed by atoms with Crippen molar-refractivity contribution in [3.8, 4) is 5.88 Å². The molecular formula is C12H18N2O5. The Morgan fingerprint density at radius 1 is 1.16 bits per heavy atom. The molecule has 0 aliphatic carbocycles. The summed E-state index contributed by atoms with van der Waals surface area (Å²) in [5.41, 5.74) is 0.112. The van der Waals surface area contributed by atoms with Gasteiger partial charge in [0, 0.05) is 20.3 Å². The maximum atomic E-state index is 11.2. The van der Waals surface area contributed by atoms with E-state index in [0.717, 1.165) is 6.42 Å². The SMILES string of the molecule is COCCCOCCOc1cncc(C(=O)OC)n1. The number of aromatic nitrogens is 2. The highest BCUT2D eigenvalue weighted by molar-refractivity contribution is 5.86. The molecule has 0 N–H and O–H groups in total. The van der Waals surface area contributed by atoms with E-state index in [9.17, 15) is 4.79 Å². The highest BCUT2D eigenvalue weighted by Gasteiger charge is 2.08. The van der Waals surface area contributed by atoms with Crippen molar-refractivity contribution in [2.75, 3.05) is 40.6 Å². The van der Waals surface area contributed by atoms with Crippen molar-refractivity contribution in [2.45, 2.75) is 6.42 Å². The molecule has 7 nitrogen and oxygen atoms in total. The van der Waals surface area contributed by atoms with Crippen LogP contribution in [-0.4, -0.2) is 56.6 Å². The van der Waals surface area contributed by atoms with Gasteiger partial charge in [0.15, 0.2) is 5.69 Å². The van der Waals surface area contributed by atoms with Crippen LogP contribution in [0.25, 0.3) is 0 Å². The zero-order valence-corrected chi connectivity index (χ0v) is 11.1. The number of hydrogen-bond acceptors (Lipinski definition) is 7. The minimum atomic E-state index is -0.547. The van der Waals surface area contributed by atoms with Gasteiger partial charge in [0.1, 0.15) is 6.61 Å². The molecule has 0 aliphatic heterocycles. The van der Waals surface area contributed by atoms with Crippen LogP contribution in [0.5, 0.6) is 5.88 Å². The summed E-state index contributed by atoms with van der Waals surface area (Å²) in [6.07, 6.45) is 3.59. The molecule has 0 aromatic carbocycles. The number of nitrogens with zero attached hydrogens (tertiary/aromatic N) is 2. The van der Waals surface area contributed by atoms with E-state index in [-0.39, 0.29) is 11.6 Å². The van der Waals surface area contributed by atoms with E-state index in [1.807, 2.05) is 0 Å². The van der Waals surface area contributed by atoms with Crippen LogP contribution >= 0.6 is 0 Å². The van der Waals surface area contributed by atoms with E-state index in [1.54, 1.807) is 7.11 Å². The second-order valence-corrected chi connectivity index (χ2v) is 3.54. The molecule has 7 heteroatoms. The van der Waals surface area contributed by atoms with Crippen molar-refractivity contribution in [3.05, 3.63) is 18.1 Å². The third-order valence-electron chi connectivity index (χ3n) is 2.12. The highest BCUT2D eigenvalue weighted by Crippen LogP contribution is 2.05. The molecule has 0 unspecified atom stereocenters. The minimum absolute atomic E-state index is 0.112. The summed E-state index contributed by atoms with van der Waals surface area (Å²) >= 11 is 0. The van der Waals surface area contributed by atoms with Crippen molar-refractivity contribution < 1.29 is 23.7 Å². The average Bonchev–Trinajstić information content (AvgIpc) is 2.46. The lowest BCUT2D eigenvalue weighted by Gasteiger charge is -2.06. The molecule has 0 radical (unpaired) electrons. The van der Waals surface area contributed by atoms with Crippen LogP contribution in [0, 0.1) is 0 Å². The quantitative estimate of drug-likeness (QED) is 0.482. The van der Waals surface area contributed by atoms with Crippen LogP contribution in [0.15, 0.2) is 12.4 Å². The molecule has 106 valence electrons. The summed E-state index contributed by atoms with van der Waals surface area (Å²) in [5, 5.41) is 0. The van der Waals surface area contributed by atoms with Gasteiger partial charge in [-0.25, -0.2) is 9.78 Å². The molecule has 19 heavy (non-hydrogen) atoms. The Balaban J connectivity index is 2.24. The zero-order chi connectivity index (χ0) is 13.9. The second kappa shape index (κ2) is 9.23. The van der Waals surface area contributed by atoms with E-state index < -0.39 is 5.97 Å². The second-order valence-electron chi connectivity index (χ2n) is 3.54. The molecule has 0 fully saturated rings. The van der Waals surface area contributed by atoms with Gasteiger partial charge in [-0.3, -0.25) is 4.98 Å². The molecule has 0 spiro atoms. The number of carbonyl (C=O) groups excluding carboxylic acids is 1. The van der Waals surface area contributed by atoms with Gasteiger partial charge in [-0.05, 0) is 6.42 Å². The van der Waals surface area contributed by atoms with Crippen LogP contribution in [0.4, 0.5) is 0 Å². The molecule has 0 amide bonds. The monoisotopic (exact) mass is 270 g/mol. The van der Waals surface area contributed by atoms with Gasteiger partial charge in [0.25, 0.3) is 0 Å². The van der Waals surface area contributed by atoms with Gasteiger partial charge in [-0.2, -0.15) is 0 Å². The number of ether oxygens (including phenoxy) is 4. The van der Waals surface area contributed by atoms with Crippen LogP contribution in [0.3, 0.4) is 0 Å². The van der Waals surface area contributed by atoms with Crippen LogP contribution in [0.1, 0.15) is 16.9 Å². The Hall–Kier alpha value is -1.73. The largest absolute Gasteiger partial charge is 0.474 e. The molecule has 0 aliphatic rings. The average molecular weight is 270 g/mol. The van der Waals surface area contributed by atoms with Crippen molar-refractivity contribution in [3.63, 3.8) is 0 Å². The lowest BCUT2D eigenvalue weighted by Crippen LogP contribution is -2.11. The maximum Gasteiger partial charge on any atom is 0.358 e. The predicted octanol–water partition coefficient (Wildman–Crippen LogP) is 0.695. The van der Waals surface area contributed by atoms with Crippen LogP contribution < -0.4 is 4.74 Å². The molecule has 1 heterocycles. The Morgan fingerprint density at radius 2 is 2.00 bits per heavy atom. The first-order chi connectivity index (χ1) is 9.27. The third kappa shape index (κ3) is 6.12. The summed E-state index contributed by atoms with van der Waals surface area (Å²) in [5.74, 6) is -0.280. The fourth-order valence-electron chi connectivity index (χ4n) is 1.23. The van der Waals surface area contributed by atoms with E-state index >= 15 is 0 Å². The molecule has 0 atom stereocenters. The number of rotatable bonds is 9. The van der Waals surface area contributed by atoms with Gasteiger partial charge in [-0.1, -0.05) is 0 Å². The van der Waals surface area contributed by atoms with Gasteiger partial charge >= 0.3 is 5.97 Å². The maximum absolute atomic E-state index is 11.2. The standard InChI is InChI=1S/C12H18N2O5/c1-16-4-3-5-18-6-7-19-11-9-13-8-10(14-11)12(15)17-2/h8-9H,3-7H2,1-2H3. The fraction of sp³-hybridized carbons (Fsp3) is 0.583. The topological polar surface area (TPSA) is 79.8 Å². The van der Waals surface area contributed by atoms with Gasteiger partial charge in [0.2, 0.25) is 5.88 Å². The van der Waals surface area contributed by atoms with Crippen molar-refractivity contribution in [1.82, 2.24) is 9.97 Å². The first-order valence-corrected chi connectivity index (χ1v) is 5.87. The Morgan fingerprint density at radius 3 is 2.74 bits per heavy atom. The third-order valence-corrected chi connectivity index (χ3v) is 2.12.